The summed E-state index contributed by atoms with van der Waals surface area (Å²) in [5.41, 5.74) is 0. The first-order chi connectivity index (χ1) is 11.9. The fraction of sp³-hybridized carbons (Fsp3) is 0.952. The number of hydrogen-bond donors (Lipinski definition) is 0. The summed E-state index contributed by atoms with van der Waals surface area (Å²) in [4.78, 5) is 11.8. The molecule has 1 atom stereocenters. The first-order valence-electron chi connectivity index (χ1n) is 10.7. The van der Waals surface area contributed by atoms with Crippen LogP contribution in [-0.2, 0) is 14.0 Å². The van der Waals surface area contributed by atoms with Gasteiger partial charge in [-0.15, -0.1) is 0 Å². The Hall–Kier alpha value is -0.353. The highest BCUT2D eigenvalue weighted by atomic mass is 28.4. The van der Waals surface area contributed by atoms with Gasteiger partial charge in [0.25, 0.3) is 0 Å². The Kier molecular flexibility index (Phi) is 15.6. The Morgan fingerprint density at radius 3 is 1.52 bits per heavy atom. The maximum Gasteiger partial charge on any atom is 0.333 e. The van der Waals surface area contributed by atoms with Crippen LogP contribution in [0.4, 0.5) is 0 Å². The monoisotopic (exact) mass is 372 g/mol. The van der Waals surface area contributed by atoms with Gasteiger partial charge in [0.05, 0.1) is 7.11 Å². The van der Waals surface area contributed by atoms with Crippen molar-refractivity contribution in [2.45, 2.75) is 123 Å². The van der Waals surface area contributed by atoms with Gasteiger partial charge in [0.15, 0.2) is 8.32 Å². The van der Waals surface area contributed by atoms with Gasteiger partial charge in [0, 0.05) is 0 Å². The molecule has 0 fully saturated rings. The lowest BCUT2D eigenvalue weighted by atomic mass is 10.0. The molecule has 0 aromatic rings. The molecule has 0 rings (SSSR count). The third-order valence-electron chi connectivity index (χ3n) is 4.53. The third-order valence-corrected chi connectivity index (χ3v) is 5.52. The molecule has 25 heavy (non-hydrogen) atoms. The second-order valence-electron chi connectivity index (χ2n) is 8.27. The van der Waals surface area contributed by atoms with E-state index in [0.717, 1.165) is 12.8 Å². The van der Waals surface area contributed by atoms with Crippen LogP contribution < -0.4 is 0 Å². The van der Waals surface area contributed by atoms with E-state index < -0.39 is 8.32 Å². The highest BCUT2D eigenvalue weighted by Gasteiger charge is 2.26. The molecular formula is C21H44O3Si. The number of methoxy groups -OCH3 is 1. The lowest BCUT2D eigenvalue weighted by Gasteiger charge is -2.24. The number of ether oxygens (including phenoxy) is 1. The Morgan fingerprint density at radius 2 is 1.16 bits per heavy atom. The smallest absolute Gasteiger partial charge is 0.333 e. The normalized spacial score (nSPS) is 13.0. The Bertz CT molecular complexity index is 313. The first-order valence-corrected chi connectivity index (χ1v) is 14.1. The zero-order chi connectivity index (χ0) is 19.0. The molecular weight excluding hydrogens is 328 g/mol. The summed E-state index contributed by atoms with van der Waals surface area (Å²) < 4.78 is 10.8. The van der Waals surface area contributed by atoms with Crippen LogP contribution in [0.25, 0.3) is 0 Å². The minimum absolute atomic E-state index is 0.207. The second-order valence-corrected chi connectivity index (χ2v) is 12.7. The predicted molar refractivity (Wildman–Crippen MR) is 111 cm³/mol. The fourth-order valence-corrected chi connectivity index (χ4v) is 4.20. The van der Waals surface area contributed by atoms with Gasteiger partial charge in [-0.2, -0.15) is 0 Å². The molecule has 0 aromatic carbocycles. The van der Waals surface area contributed by atoms with Crippen molar-refractivity contribution >= 4 is 14.3 Å². The van der Waals surface area contributed by atoms with Crippen LogP contribution in [0.1, 0.15) is 96.8 Å². The standard InChI is InChI=1S/C21H44O3Si/c1-6-7-8-9-10-11-12-13-14-15-16-17-18-19-20(21(22)23-2)24-25(3,4)5/h20H,6-19H2,1-5H3. The van der Waals surface area contributed by atoms with Crippen LogP contribution >= 0.6 is 0 Å². The molecule has 150 valence electrons. The van der Waals surface area contributed by atoms with Gasteiger partial charge >= 0.3 is 5.97 Å². The summed E-state index contributed by atoms with van der Waals surface area (Å²) in [7, 11) is -0.254. The first kappa shape index (κ1) is 24.6. The molecule has 0 aliphatic rings. The van der Waals surface area contributed by atoms with Gasteiger partial charge < -0.3 is 9.16 Å². The Labute approximate surface area is 158 Å². The summed E-state index contributed by atoms with van der Waals surface area (Å²) in [6.45, 7) is 8.63. The van der Waals surface area contributed by atoms with E-state index in [1.807, 2.05) is 0 Å². The van der Waals surface area contributed by atoms with Gasteiger partial charge in [0.1, 0.15) is 6.10 Å². The van der Waals surface area contributed by atoms with Crippen LogP contribution in [0.2, 0.25) is 19.6 Å². The van der Waals surface area contributed by atoms with Crippen molar-refractivity contribution in [2.75, 3.05) is 7.11 Å². The van der Waals surface area contributed by atoms with Crippen molar-refractivity contribution < 1.29 is 14.0 Å². The molecule has 0 N–H and O–H groups in total. The van der Waals surface area contributed by atoms with Gasteiger partial charge in [0.2, 0.25) is 0 Å². The summed E-state index contributed by atoms with van der Waals surface area (Å²) in [5, 5.41) is 0. The molecule has 0 amide bonds. The van der Waals surface area contributed by atoms with E-state index in [1.165, 1.54) is 84.2 Å². The van der Waals surface area contributed by atoms with Crippen molar-refractivity contribution in [3.63, 3.8) is 0 Å². The van der Waals surface area contributed by atoms with Gasteiger partial charge in [-0.3, -0.25) is 0 Å². The summed E-state index contributed by atoms with van der Waals surface area (Å²) in [6, 6.07) is 0. The summed E-state index contributed by atoms with van der Waals surface area (Å²) in [6.07, 6.45) is 17.9. The second kappa shape index (κ2) is 15.9. The van der Waals surface area contributed by atoms with E-state index in [9.17, 15) is 4.79 Å². The Balaban J connectivity index is 3.53. The molecule has 0 aromatic heterocycles. The van der Waals surface area contributed by atoms with Crippen molar-refractivity contribution in [2.24, 2.45) is 0 Å². The molecule has 0 radical (unpaired) electrons. The van der Waals surface area contributed by atoms with Crippen LogP contribution in [0, 0.1) is 0 Å². The van der Waals surface area contributed by atoms with Crippen molar-refractivity contribution in [1.29, 1.82) is 0 Å². The molecule has 0 aliphatic heterocycles. The number of rotatable bonds is 17. The van der Waals surface area contributed by atoms with Gasteiger partial charge in [-0.05, 0) is 26.1 Å². The van der Waals surface area contributed by atoms with Crippen molar-refractivity contribution in [3.8, 4) is 0 Å². The number of carbonyl (C=O) groups excluding carboxylic acids is 1. The van der Waals surface area contributed by atoms with Gasteiger partial charge in [-0.25, -0.2) is 4.79 Å². The van der Waals surface area contributed by atoms with Crippen LogP contribution in [0.15, 0.2) is 0 Å². The molecule has 3 nitrogen and oxygen atoms in total. The highest BCUT2D eigenvalue weighted by molar-refractivity contribution is 6.69. The topological polar surface area (TPSA) is 35.5 Å². The molecule has 0 heterocycles. The van der Waals surface area contributed by atoms with E-state index in [0.29, 0.717) is 0 Å². The molecule has 0 saturated carbocycles. The SMILES string of the molecule is CCCCCCCCCCCCCCCC(O[Si](C)(C)C)C(=O)OC. The van der Waals surface area contributed by atoms with Crippen LogP contribution in [0.5, 0.6) is 0 Å². The van der Waals surface area contributed by atoms with E-state index in [1.54, 1.807) is 0 Å². The average Bonchev–Trinajstić information content (AvgIpc) is 2.56. The largest absolute Gasteiger partial charge is 0.467 e. The van der Waals surface area contributed by atoms with E-state index in [4.69, 9.17) is 9.16 Å². The van der Waals surface area contributed by atoms with E-state index >= 15 is 0 Å². The number of carbonyl (C=O) groups is 1. The molecule has 0 spiro atoms. The summed E-state index contributed by atoms with van der Waals surface area (Å²) >= 11 is 0. The molecule has 0 bridgehead atoms. The molecule has 4 heteroatoms. The minimum atomic E-state index is -1.71. The zero-order valence-corrected chi connectivity index (χ0v) is 18.7. The maximum absolute atomic E-state index is 11.8. The third kappa shape index (κ3) is 16.8. The number of esters is 1. The minimum Gasteiger partial charge on any atom is -0.467 e. The van der Waals surface area contributed by atoms with Crippen LogP contribution in [-0.4, -0.2) is 27.5 Å². The fourth-order valence-electron chi connectivity index (χ4n) is 3.13. The predicted octanol–water partition coefficient (Wildman–Crippen LogP) is 6.86. The van der Waals surface area contributed by atoms with E-state index in [2.05, 4.69) is 26.6 Å². The molecule has 0 saturated heterocycles. The van der Waals surface area contributed by atoms with Crippen LogP contribution in [0.3, 0.4) is 0 Å². The Morgan fingerprint density at radius 1 is 0.760 bits per heavy atom. The van der Waals surface area contributed by atoms with Crippen molar-refractivity contribution in [1.82, 2.24) is 0 Å². The highest BCUT2D eigenvalue weighted by Crippen LogP contribution is 2.17. The quantitative estimate of drug-likeness (QED) is 0.159. The van der Waals surface area contributed by atoms with E-state index in [-0.39, 0.29) is 12.1 Å². The molecule has 0 aliphatic carbocycles. The number of unbranched alkanes of at least 4 members (excludes halogenated alkanes) is 12. The van der Waals surface area contributed by atoms with Gasteiger partial charge in [-0.1, -0.05) is 90.4 Å². The molecule has 1 unspecified atom stereocenters. The lowest BCUT2D eigenvalue weighted by molar-refractivity contribution is -0.149. The number of hydrogen-bond acceptors (Lipinski definition) is 3. The van der Waals surface area contributed by atoms with Crippen molar-refractivity contribution in [3.05, 3.63) is 0 Å². The zero-order valence-electron chi connectivity index (χ0n) is 17.7. The average molecular weight is 373 g/mol. The summed E-state index contributed by atoms with van der Waals surface area (Å²) in [5.74, 6) is -0.207. The lowest BCUT2D eigenvalue weighted by Crippen LogP contribution is -2.37. The maximum atomic E-state index is 11.8.